The van der Waals surface area contributed by atoms with E-state index in [1.165, 1.54) is 0 Å². The van der Waals surface area contributed by atoms with Gasteiger partial charge in [0.15, 0.2) is 6.61 Å². The van der Waals surface area contributed by atoms with Crippen molar-refractivity contribution in [3.8, 4) is 5.75 Å². The summed E-state index contributed by atoms with van der Waals surface area (Å²) in [5, 5.41) is 0.627. The number of aromatic nitrogens is 1. The smallest absolute Gasteiger partial charge is 0.260 e. The molecule has 2 aromatic rings. The number of ether oxygens (including phenoxy) is 1. The van der Waals surface area contributed by atoms with E-state index in [2.05, 4.69) is 4.98 Å². The number of amides is 1. The number of hydrogen-bond acceptors (Lipinski definition) is 3. The van der Waals surface area contributed by atoms with Crippen molar-refractivity contribution in [2.75, 3.05) is 13.7 Å². The zero-order valence-corrected chi connectivity index (χ0v) is 13.7. The van der Waals surface area contributed by atoms with Gasteiger partial charge in [-0.25, -0.2) is 0 Å². The van der Waals surface area contributed by atoms with Crippen LogP contribution in [0.3, 0.4) is 0 Å². The second-order valence-electron chi connectivity index (χ2n) is 5.12. The van der Waals surface area contributed by atoms with E-state index >= 15 is 0 Å². The first-order chi connectivity index (χ1) is 10.5. The Morgan fingerprint density at radius 1 is 1.36 bits per heavy atom. The Morgan fingerprint density at radius 3 is 2.82 bits per heavy atom. The number of hydrogen-bond donors (Lipinski definition) is 0. The quantitative estimate of drug-likeness (QED) is 0.845. The fourth-order valence-corrected chi connectivity index (χ4v) is 2.21. The van der Waals surface area contributed by atoms with Crippen molar-refractivity contribution >= 4 is 17.5 Å². The number of carbonyl (C=O) groups excluding carboxylic acids is 1. The number of benzene rings is 1. The topological polar surface area (TPSA) is 42.4 Å². The largest absolute Gasteiger partial charge is 0.483 e. The van der Waals surface area contributed by atoms with E-state index in [-0.39, 0.29) is 18.6 Å². The lowest BCUT2D eigenvalue weighted by atomic mass is 10.1. The van der Waals surface area contributed by atoms with E-state index in [9.17, 15) is 4.79 Å². The molecular weight excluding hydrogens is 300 g/mol. The van der Waals surface area contributed by atoms with Crippen molar-refractivity contribution in [2.45, 2.75) is 19.9 Å². The first-order valence-corrected chi connectivity index (χ1v) is 7.42. The molecule has 22 heavy (non-hydrogen) atoms. The Morgan fingerprint density at radius 2 is 2.14 bits per heavy atom. The maximum Gasteiger partial charge on any atom is 0.260 e. The minimum Gasteiger partial charge on any atom is -0.483 e. The van der Waals surface area contributed by atoms with Crippen LogP contribution in [0.2, 0.25) is 5.02 Å². The number of halogens is 1. The molecule has 1 aromatic heterocycles. The van der Waals surface area contributed by atoms with Gasteiger partial charge in [0, 0.05) is 30.0 Å². The van der Waals surface area contributed by atoms with E-state index in [1.807, 2.05) is 26.0 Å². The lowest BCUT2D eigenvalue weighted by molar-refractivity contribution is -0.134. The third-order valence-corrected chi connectivity index (χ3v) is 4.12. The molecule has 4 nitrogen and oxygen atoms in total. The van der Waals surface area contributed by atoms with Gasteiger partial charge in [0.1, 0.15) is 5.75 Å². The highest BCUT2D eigenvalue weighted by atomic mass is 35.5. The summed E-state index contributed by atoms with van der Waals surface area (Å²) in [6.45, 7) is 3.80. The molecule has 0 N–H and O–H groups in total. The Hall–Kier alpha value is -2.07. The van der Waals surface area contributed by atoms with Crippen LogP contribution >= 0.6 is 11.6 Å². The summed E-state index contributed by atoms with van der Waals surface area (Å²) in [4.78, 5) is 18.0. The first-order valence-electron chi connectivity index (χ1n) is 7.04. The number of rotatable bonds is 5. The Bertz CT molecular complexity index is 646. The summed E-state index contributed by atoms with van der Waals surface area (Å²) in [5.41, 5.74) is 1.82. The molecule has 2 rings (SSSR count). The molecular formula is C17H19ClN2O2. The van der Waals surface area contributed by atoms with E-state index in [0.717, 1.165) is 11.1 Å². The van der Waals surface area contributed by atoms with Gasteiger partial charge in [-0.05, 0) is 37.6 Å². The maximum absolute atomic E-state index is 12.3. The van der Waals surface area contributed by atoms with Crippen LogP contribution in [-0.2, 0) is 4.79 Å². The van der Waals surface area contributed by atoms with Gasteiger partial charge >= 0.3 is 0 Å². The Balaban J connectivity index is 1.98. The van der Waals surface area contributed by atoms with E-state index in [0.29, 0.717) is 10.8 Å². The van der Waals surface area contributed by atoms with Gasteiger partial charge in [-0.1, -0.05) is 23.7 Å². The molecule has 1 aromatic carbocycles. The lowest BCUT2D eigenvalue weighted by Crippen LogP contribution is -2.33. The van der Waals surface area contributed by atoms with Crippen molar-refractivity contribution < 1.29 is 9.53 Å². The predicted octanol–water partition coefficient (Wildman–Crippen LogP) is 3.64. The van der Waals surface area contributed by atoms with Crippen LogP contribution in [0.15, 0.2) is 42.7 Å². The van der Waals surface area contributed by atoms with Crippen molar-refractivity contribution in [2.24, 2.45) is 0 Å². The Kier molecular flexibility index (Phi) is 5.39. The van der Waals surface area contributed by atoms with E-state index < -0.39 is 0 Å². The second-order valence-corrected chi connectivity index (χ2v) is 5.53. The average Bonchev–Trinajstić information content (AvgIpc) is 2.55. The van der Waals surface area contributed by atoms with Crippen molar-refractivity contribution in [3.63, 3.8) is 0 Å². The molecule has 1 amide bonds. The molecule has 0 fully saturated rings. The fourth-order valence-electron chi connectivity index (χ4n) is 2.05. The molecule has 0 aliphatic rings. The third-order valence-electron chi connectivity index (χ3n) is 3.71. The van der Waals surface area contributed by atoms with Crippen LogP contribution < -0.4 is 4.74 Å². The number of likely N-dealkylation sites (N-methyl/N-ethyl adjacent to an activating group) is 1. The van der Waals surface area contributed by atoms with Gasteiger partial charge in [0.05, 0.1) is 6.04 Å². The summed E-state index contributed by atoms with van der Waals surface area (Å²) in [5.74, 6) is 0.527. The predicted molar refractivity (Wildman–Crippen MR) is 87.1 cm³/mol. The molecule has 5 heteroatoms. The molecule has 1 heterocycles. The molecule has 0 aliphatic carbocycles. The van der Waals surface area contributed by atoms with E-state index in [4.69, 9.17) is 16.3 Å². The SMILES string of the molecule is Cc1c(Cl)cccc1OCC(=O)N(C)C(C)c1cccnc1. The molecule has 0 saturated carbocycles. The molecule has 0 saturated heterocycles. The number of nitrogens with zero attached hydrogens (tertiary/aromatic N) is 2. The normalized spacial score (nSPS) is 11.8. The van der Waals surface area contributed by atoms with E-state index in [1.54, 1.807) is 42.5 Å². The number of carbonyl (C=O) groups is 1. The molecule has 0 bridgehead atoms. The van der Waals surface area contributed by atoms with Gasteiger partial charge in [-0.3, -0.25) is 9.78 Å². The second kappa shape index (κ2) is 7.27. The summed E-state index contributed by atoms with van der Waals surface area (Å²) in [6, 6.07) is 9.14. The van der Waals surface area contributed by atoms with Crippen LogP contribution in [0, 0.1) is 6.92 Å². The monoisotopic (exact) mass is 318 g/mol. The van der Waals surface area contributed by atoms with Gasteiger partial charge in [-0.2, -0.15) is 0 Å². The lowest BCUT2D eigenvalue weighted by Gasteiger charge is -2.25. The van der Waals surface area contributed by atoms with Crippen molar-refractivity contribution in [3.05, 3.63) is 58.9 Å². The average molecular weight is 319 g/mol. The van der Waals surface area contributed by atoms with Crippen LogP contribution in [0.1, 0.15) is 24.1 Å². The third kappa shape index (κ3) is 3.77. The number of pyridine rings is 1. The summed E-state index contributed by atoms with van der Waals surface area (Å²) in [7, 11) is 1.76. The maximum atomic E-state index is 12.3. The standard InChI is InChI=1S/C17H19ClN2O2/c1-12-15(18)7-4-8-16(12)22-11-17(21)20(3)13(2)14-6-5-9-19-10-14/h4-10,13H,11H2,1-3H3. The van der Waals surface area contributed by atoms with Crippen LogP contribution in [-0.4, -0.2) is 29.4 Å². The molecule has 0 spiro atoms. The van der Waals surface area contributed by atoms with Crippen LogP contribution in [0.4, 0.5) is 0 Å². The highest BCUT2D eigenvalue weighted by Crippen LogP contribution is 2.25. The zero-order valence-electron chi connectivity index (χ0n) is 12.9. The Labute approximate surface area is 135 Å². The summed E-state index contributed by atoms with van der Waals surface area (Å²) in [6.07, 6.45) is 3.47. The van der Waals surface area contributed by atoms with Crippen molar-refractivity contribution in [1.82, 2.24) is 9.88 Å². The first kappa shape index (κ1) is 16.3. The molecule has 0 radical (unpaired) electrons. The minimum atomic E-state index is -0.101. The summed E-state index contributed by atoms with van der Waals surface area (Å²) < 4.78 is 5.60. The molecule has 0 aliphatic heterocycles. The van der Waals surface area contributed by atoms with Crippen LogP contribution in [0.5, 0.6) is 5.75 Å². The highest BCUT2D eigenvalue weighted by molar-refractivity contribution is 6.31. The highest BCUT2D eigenvalue weighted by Gasteiger charge is 2.18. The van der Waals surface area contributed by atoms with Crippen molar-refractivity contribution in [1.29, 1.82) is 0 Å². The van der Waals surface area contributed by atoms with Gasteiger partial charge < -0.3 is 9.64 Å². The van der Waals surface area contributed by atoms with Gasteiger partial charge in [0.25, 0.3) is 5.91 Å². The van der Waals surface area contributed by atoms with Gasteiger partial charge in [-0.15, -0.1) is 0 Å². The molecule has 116 valence electrons. The summed E-state index contributed by atoms with van der Waals surface area (Å²) >= 11 is 6.04. The molecule has 1 atom stereocenters. The minimum absolute atomic E-state index is 0.0255. The van der Waals surface area contributed by atoms with Gasteiger partial charge in [0.2, 0.25) is 0 Å². The molecule has 1 unspecified atom stereocenters. The fraction of sp³-hybridized carbons (Fsp3) is 0.294. The van der Waals surface area contributed by atoms with Crippen LogP contribution in [0.25, 0.3) is 0 Å². The zero-order chi connectivity index (χ0) is 16.1.